The van der Waals surface area contributed by atoms with Gasteiger partial charge in [-0.3, -0.25) is 13.9 Å². The molecular formula is C15H19N5O2S. The van der Waals surface area contributed by atoms with Crippen molar-refractivity contribution in [1.82, 2.24) is 19.1 Å². The number of hydrogen-bond acceptors (Lipinski definition) is 6. The van der Waals surface area contributed by atoms with E-state index in [9.17, 15) is 9.59 Å². The van der Waals surface area contributed by atoms with Crippen LogP contribution in [0.2, 0.25) is 0 Å². The highest BCUT2D eigenvalue weighted by Gasteiger charge is 2.19. The van der Waals surface area contributed by atoms with Crippen LogP contribution in [0.3, 0.4) is 0 Å². The Morgan fingerprint density at radius 1 is 1.26 bits per heavy atom. The van der Waals surface area contributed by atoms with Crippen molar-refractivity contribution in [2.45, 2.75) is 44.5 Å². The van der Waals surface area contributed by atoms with Crippen molar-refractivity contribution >= 4 is 22.8 Å². The van der Waals surface area contributed by atoms with E-state index in [0.29, 0.717) is 28.4 Å². The minimum atomic E-state index is -0.433. The predicted octanol–water partition coefficient (Wildman–Crippen LogP) is 1.46. The number of aromatic nitrogens is 4. The van der Waals surface area contributed by atoms with Gasteiger partial charge in [0.2, 0.25) is 0 Å². The van der Waals surface area contributed by atoms with E-state index >= 15 is 0 Å². The molecule has 23 heavy (non-hydrogen) atoms. The van der Waals surface area contributed by atoms with Crippen LogP contribution >= 0.6 is 11.8 Å². The number of fused-ring (bicyclic) bond motifs is 1. The molecule has 2 rings (SSSR count). The molecule has 0 saturated carbocycles. The Bertz CT molecular complexity index is 907. The van der Waals surface area contributed by atoms with Gasteiger partial charge in [0.25, 0.3) is 5.56 Å². The Morgan fingerprint density at radius 3 is 2.48 bits per heavy atom. The second kappa shape index (κ2) is 6.54. The van der Waals surface area contributed by atoms with Gasteiger partial charge < -0.3 is 0 Å². The van der Waals surface area contributed by atoms with Crippen molar-refractivity contribution in [3.05, 3.63) is 26.7 Å². The number of nitriles is 1. The first-order valence-electron chi connectivity index (χ1n) is 7.30. The molecule has 0 amide bonds. The first-order valence-corrected chi connectivity index (χ1v) is 8.18. The molecule has 2 aromatic rings. The number of hydrogen-bond donors (Lipinski definition) is 0. The van der Waals surface area contributed by atoms with Crippen LogP contribution in [0, 0.1) is 24.2 Å². The second-order valence-electron chi connectivity index (χ2n) is 5.81. The molecule has 0 unspecified atom stereocenters. The molecule has 0 radical (unpaired) electrons. The van der Waals surface area contributed by atoms with Gasteiger partial charge in [0.1, 0.15) is 16.2 Å². The van der Waals surface area contributed by atoms with Crippen LogP contribution < -0.4 is 11.2 Å². The second-order valence-corrected chi connectivity index (χ2v) is 7.14. The molecule has 0 saturated heterocycles. The normalized spacial score (nSPS) is 12.6. The third-order valence-corrected chi connectivity index (χ3v) is 4.26. The number of rotatable bonds is 4. The highest BCUT2D eigenvalue weighted by atomic mass is 32.2. The van der Waals surface area contributed by atoms with Crippen LogP contribution in [0.25, 0.3) is 11.0 Å². The SMILES string of the molecule is Cc1nc(S[C@H](C)C#N)c2c(=O)n(C)c(=O)n(CC(C)C)c2n1. The van der Waals surface area contributed by atoms with E-state index in [4.69, 9.17) is 5.26 Å². The van der Waals surface area contributed by atoms with Crippen LogP contribution in [0.15, 0.2) is 14.6 Å². The lowest BCUT2D eigenvalue weighted by atomic mass is 10.2. The molecule has 1 atom stereocenters. The minimum absolute atomic E-state index is 0.220. The van der Waals surface area contributed by atoms with Crippen LogP contribution in [-0.4, -0.2) is 24.4 Å². The molecule has 2 heterocycles. The fourth-order valence-corrected chi connectivity index (χ4v) is 3.12. The van der Waals surface area contributed by atoms with E-state index < -0.39 is 11.2 Å². The van der Waals surface area contributed by atoms with Gasteiger partial charge in [0.05, 0.1) is 11.3 Å². The zero-order chi connectivity index (χ0) is 17.3. The van der Waals surface area contributed by atoms with Gasteiger partial charge in [0, 0.05) is 13.6 Å². The fraction of sp³-hybridized carbons (Fsp3) is 0.533. The molecule has 0 aliphatic heterocycles. The van der Waals surface area contributed by atoms with E-state index in [2.05, 4.69) is 16.0 Å². The van der Waals surface area contributed by atoms with Gasteiger partial charge >= 0.3 is 5.69 Å². The molecular weight excluding hydrogens is 314 g/mol. The maximum absolute atomic E-state index is 12.6. The zero-order valence-corrected chi connectivity index (χ0v) is 14.6. The summed E-state index contributed by atoms with van der Waals surface area (Å²) in [4.78, 5) is 33.6. The topological polar surface area (TPSA) is 93.6 Å². The van der Waals surface area contributed by atoms with Crippen molar-refractivity contribution in [3.8, 4) is 6.07 Å². The Morgan fingerprint density at radius 2 is 1.91 bits per heavy atom. The molecule has 0 aliphatic rings. The number of aryl methyl sites for hydroxylation is 1. The average Bonchev–Trinajstić information content (AvgIpc) is 2.48. The lowest BCUT2D eigenvalue weighted by Gasteiger charge is -2.15. The van der Waals surface area contributed by atoms with Gasteiger partial charge in [-0.05, 0) is 19.8 Å². The van der Waals surface area contributed by atoms with Crippen molar-refractivity contribution in [1.29, 1.82) is 5.26 Å². The van der Waals surface area contributed by atoms with E-state index in [-0.39, 0.29) is 11.2 Å². The van der Waals surface area contributed by atoms with Gasteiger partial charge in [0.15, 0.2) is 5.65 Å². The summed E-state index contributed by atoms with van der Waals surface area (Å²) < 4.78 is 2.59. The summed E-state index contributed by atoms with van der Waals surface area (Å²) in [6, 6.07) is 2.12. The van der Waals surface area contributed by atoms with Crippen LogP contribution in [-0.2, 0) is 13.6 Å². The van der Waals surface area contributed by atoms with Gasteiger partial charge in [-0.15, -0.1) is 0 Å². The maximum Gasteiger partial charge on any atom is 0.332 e. The van der Waals surface area contributed by atoms with E-state index in [0.717, 1.165) is 4.57 Å². The Kier molecular flexibility index (Phi) is 4.90. The van der Waals surface area contributed by atoms with E-state index in [1.165, 1.54) is 23.4 Å². The molecule has 0 aliphatic carbocycles. The Balaban J connectivity index is 2.91. The molecule has 0 spiro atoms. The van der Waals surface area contributed by atoms with Gasteiger partial charge in [-0.25, -0.2) is 14.8 Å². The summed E-state index contributed by atoms with van der Waals surface area (Å²) in [5.74, 6) is 0.688. The van der Waals surface area contributed by atoms with Crippen molar-refractivity contribution < 1.29 is 0 Å². The first-order chi connectivity index (χ1) is 10.8. The third kappa shape index (κ3) is 3.29. The molecule has 122 valence electrons. The highest BCUT2D eigenvalue weighted by Crippen LogP contribution is 2.26. The average molecular weight is 333 g/mol. The van der Waals surface area contributed by atoms with Gasteiger partial charge in [-0.1, -0.05) is 25.6 Å². The Labute approximate surface area is 138 Å². The summed E-state index contributed by atoms with van der Waals surface area (Å²) in [5, 5.41) is 9.41. The van der Waals surface area contributed by atoms with E-state index in [1.54, 1.807) is 13.8 Å². The molecule has 0 aromatic carbocycles. The highest BCUT2D eigenvalue weighted by molar-refractivity contribution is 8.00. The lowest BCUT2D eigenvalue weighted by Crippen LogP contribution is -2.39. The first kappa shape index (κ1) is 17.2. The van der Waals surface area contributed by atoms with Crippen molar-refractivity contribution in [3.63, 3.8) is 0 Å². The molecule has 0 bridgehead atoms. The maximum atomic E-state index is 12.6. The number of nitrogens with zero attached hydrogens (tertiary/aromatic N) is 5. The predicted molar refractivity (Wildman–Crippen MR) is 89.5 cm³/mol. The summed E-state index contributed by atoms with van der Waals surface area (Å²) in [5.41, 5.74) is -0.483. The summed E-state index contributed by atoms with van der Waals surface area (Å²) >= 11 is 1.20. The third-order valence-electron chi connectivity index (χ3n) is 3.28. The molecule has 0 fully saturated rings. The molecule has 7 nitrogen and oxygen atoms in total. The lowest BCUT2D eigenvalue weighted by molar-refractivity contribution is 0.498. The summed E-state index contributed by atoms with van der Waals surface area (Å²) in [7, 11) is 1.45. The van der Waals surface area contributed by atoms with Crippen LogP contribution in [0.5, 0.6) is 0 Å². The largest absolute Gasteiger partial charge is 0.332 e. The Hall–Kier alpha value is -2.14. The zero-order valence-electron chi connectivity index (χ0n) is 13.8. The molecule has 8 heteroatoms. The smallest absolute Gasteiger partial charge is 0.277 e. The monoisotopic (exact) mass is 333 g/mol. The standard InChI is InChI=1S/C15H19N5O2S/c1-8(2)7-20-12-11(14(21)19(5)15(20)22)13(18-10(4)17-12)23-9(3)6-16/h8-9H,7H2,1-5H3/t9-/m1/s1. The van der Waals surface area contributed by atoms with Gasteiger partial charge in [-0.2, -0.15) is 5.26 Å². The fourth-order valence-electron chi connectivity index (χ4n) is 2.25. The summed E-state index contributed by atoms with van der Waals surface area (Å²) in [6.45, 7) is 7.89. The van der Waals surface area contributed by atoms with Crippen molar-refractivity contribution in [2.75, 3.05) is 0 Å². The minimum Gasteiger partial charge on any atom is -0.277 e. The quantitative estimate of drug-likeness (QED) is 0.621. The number of thioether (sulfide) groups is 1. The molecule has 0 N–H and O–H groups in total. The van der Waals surface area contributed by atoms with E-state index in [1.807, 2.05) is 13.8 Å². The summed E-state index contributed by atoms with van der Waals surface area (Å²) in [6.07, 6.45) is 0. The van der Waals surface area contributed by atoms with Crippen molar-refractivity contribution in [2.24, 2.45) is 13.0 Å². The molecule has 2 aromatic heterocycles. The van der Waals surface area contributed by atoms with Crippen LogP contribution in [0.4, 0.5) is 0 Å². The van der Waals surface area contributed by atoms with Crippen LogP contribution in [0.1, 0.15) is 26.6 Å².